The fourth-order valence-corrected chi connectivity index (χ4v) is 6.06. The van der Waals surface area contributed by atoms with Crippen LogP contribution in [0, 0.1) is 0 Å². The Bertz CT molecular complexity index is 828. The van der Waals surface area contributed by atoms with Crippen LogP contribution in [0.1, 0.15) is 206 Å². The zero-order chi connectivity index (χ0) is 36.0. The van der Waals surface area contributed by atoms with Crippen LogP contribution in [-0.2, 0) is 19.1 Å². The van der Waals surface area contributed by atoms with Crippen LogP contribution in [-0.4, -0.2) is 41.6 Å². The molecule has 4 N–H and O–H groups in total. The Morgan fingerprint density at radius 2 is 1.06 bits per heavy atom. The minimum absolute atomic E-state index is 0.0949. The van der Waals surface area contributed by atoms with Crippen LogP contribution in [0.5, 0.6) is 0 Å². The third kappa shape index (κ3) is 34.1. The molecule has 7 heteroatoms. The van der Waals surface area contributed by atoms with Crippen molar-refractivity contribution in [3.63, 3.8) is 0 Å². The van der Waals surface area contributed by atoms with Gasteiger partial charge in [0.1, 0.15) is 12.1 Å². The standard InChI is InChI=1S/C42H78N2O5/c1-3-5-7-9-11-13-14-15-16-17-18-20-22-24-30-36-41(46)49-38(32-27-23-21-19-12-10-8-6-4-2)33-28-25-26-29-35-40(45)44-39(42(47)48)34-31-37-43/h15-16,27,32,38-39H,3-14,17-26,28-31,33-37,43H2,1-2H3,(H,44,45)(H,47,48)/b16-15-,32-27-. The Labute approximate surface area is 302 Å². The molecule has 0 spiro atoms. The second-order valence-electron chi connectivity index (χ2n) is 14.0. The van der Waals surface area contributed by atoms with Crippen molar-refractivity contribution in [2.45, 2.75) is 219 Å². The Balaban J connectivity index is 4.33. The summed E-state index contributed by atoms with van der Waals surface area (Å²) in [4.78, 5) is 36.3. The van der Waals surface area contributed by atoms with E-state index in [1.54, 1.807) is 0 Å². The number of carboxylic acid groups (broad SMARTS) is 1. The molecule has 0 radical (unpaired) electrons. The molecule has 0 rings (SSSR count). The molecule has 0 aromatic carbocycles. The lowest BCUT2D eigenvalue weighted by atomic mass is 10.1. The number of ether oxygens (including phenoxy) is 1. The number of esters is 1. The molecule has 0 saturated carbocycles. The van der Waals surface area contributed by atoms with Gasteiger partial charge in [-0.25, -0.2) is 4.79 Å². The number of nitrogens with two attached hydrogens (primary N) is 1. The van der Waals surface area contributed by atoms with Crippen LogP contribution < -0.4 is 11.1 Å². The summed E-state index contributed by atoms with van der Waals surface area (Å²) in [6.07, 6.45) is 40.9. The van der Waals surface area contributed by atoms with Crippen molar-refractivity contribution in [1.29, 1.82) is 0 Å². The molecule has 0 saturated heterocycles. The van der Waals surface area contributed by atoms with Gasteiger partial charge in [0.25, 0.3) is 0 Å². The van der Waals surface area contributed by atoms with Gasteiger partial charge in [0.2, 0.25) is 5.91 Å². The Morgan fingerprint density at radius 1 is 0.592 bits per heavy atom. The van der Waals surface area contributed by atoms with Gasteiger partial charge in [-0.3, -0.25) is 9.59 Å². The molecular weight excluding hydrogens is 612 g/mol. The van der Waals surface area contributed by atoms with E-state index < -0.39 is 12.0 Å². The molecular formula is C42H78N2O5. The summed E-state index contributed by atoms with van der Waals surface area (Å²) in [7, 11) is 0. The lowest BCUT2D eigenvalue weighted by molar-refractivity contribution is -0.147. The summed E-state index contributed by atoms with van der Waals surface area (Å²) in [6, 6.07) is -0.869. The molecule has 286 valence electrons. The number of unbranched alkanes of at least 4 members (excludes halogenated alkanes) is 21. The van der Waals surface area contributed by atoms with Gasteiger partial charge in [-0.2, -0.15) is 0 Å². The molecule has 0 aliphatic heterocycles. The molecule has 0 aliphatic rings. The Hall–Kier alpha value is -2.15. The maximum absolute atomic E-state index is 12.7. The molecule has 0 aliphatic carbocycles. The molecule has 0 heterocycles. The third-order valence-corrected chi connectivity index (χ3v) is 9.22. The first-order valence-corrected chi connectivity index (χ1v) is 20.7. The van der Waals surface area contributed by atoms with Crippen molar-refractivity contribution >= 4 is 17.8 Å². The zero-order valence-electron chi connectivity index (χ0n) is 32.0. The van der Waals surface area contributed by atoms with Gasteiger partial charge < -0.3 is 20.9 Å². The number of aliphatic carboxylic acids is 1. The highest BCUT2D eigenvalue weighted by molar-refractivity contribution is 5.83. The number of rotatable bonds is 37. The van der Waals surface area contributed by atoms with E-state index in [0.717, 1.165) is 44.9 Å². The number of nitrogens with one attached hydrogen (secondary N) is 1. The maximum Gasteiger partial charge on any atom is 0.326 e. The van der Waals surface area contributed by atoms with Crippen LogP contribution in [0.4, 0.5) is 0 Å². The normalized spacial score (nSPS) is 12.9. The predicted octanol–water partition coefficient (Wildman–Crippen LogP) is 11.3. The zero-order valence-corrected chi connectivity index (χ0v) is 32.0. The van der Waals surface area contributed by atoms with Crippen LogP contribution in [0.15, 0.2) is 24.3 Å². The first-order valence-electron chi connectivity index (χ1n) is 20.7. The number of amides is 1. The van der Waals surface area contributed by atoms with Gasteiger partial charge >= 0.3 is 11.9 Å². The van der Waals surface area contributed by atoms with Gasteiger partial charge in [0.05, 0.1) is 0 Å². The van der Waals surface area contributed by atoms with Crippen molar-refractivity contribution in [2.75, 3.05) is 6.54 Å². The minimum Gasteiger partial charge on any atom is -0.480 e. The summed E-state index contributed by atoms with van der Waals surface area (Å²) in [5.74, 6) is -1.33. The Kier molecular flexibility index (Phi) is 35.5. The summed E-state index contributed by atoms with van der Waals surface area (Å²) in [5, 5.41) is 11.9. The predicted molar refractivity (Wildman–Crippen MR) is 207 cm³/mol. The van der Waals surface area contributed by atoms with E-state index in [-0.39, 0.29) is 18.0 Å². The van der Waals surface area contributed by atoms with Gasteiger partial charge in [-0.05, 0) is 89.7 Å². The first-order chi connectivity index (χ1) is 23.9. The Morgan fingerprint density at radius 3 is 1.59 bits per heavy atom. The van der Waals surface area contributed by atoms with Crippen molar-refractivity contribution < 1.29 is 24.2 Å². The number of carbonyl (C=O) groups is 3. The molecule has 0 fully saturated rings. The van der Waals surface area contributed by atoms with E-state index in [1.807, 2.05) is 0 Å². The van der Waals surface area contributed by atoms with Crippen LogP contribution in [0.25, 0.3) is 0 Å². The smallest absolute Gasteiger partial charge is 0.326 e. The van der Waals surface area contributed by atoms with E-state index in [0.29, 0.717) is 38.6 Å². The molecule has 1 amide bonds. The number of hydrogen-bond donors (Lipinski definition) is 3. The number of carbonyl (C=O) groups excluding carboxylic acids is 2. The van der Waals surface area contributed by atoms with Crippen molar-refractivity contribution in [3.05, 3.63) is 24.3 Å². The summed E-state index contributed by atoms with van der Waals surface area (Å²) in [5.41, 5.74) is 5.48. The lowest BCUT2D eigenvalue weighted by Gasteiger charge is -2.15. The average molecular weight is 691 g/mol. The van der Waals surface area contributed by atoms with Crippen molar-refractivity contribution in [3.8, 4) is 0 Å². The van der Waals surface area contributed by atoms with E-state index in [4.69, 9.17) is 10.5 Å². The molecule has 0 aromatic heterocycles. The van der Waals surface area contributed by atoms with Gasteiger partial charge in [0, 0.05) is 12.8 Å². The average Bonchev–Trinajstić information content (AvgIpc) is 3.08. The molecule has 7 nitrogen and oxygen atoms in total. The van der Waals surface area contributed by atoms with Crippen LogP contribution in [0.2, 0.25) is 0 Å². The van der Waals surface area contributed by atoms with E-state index in [1.165, 1.54) is 116 Å². The highest BCUT2D eigenvalue weighted by Crippen LogP contribution is 2.16. The number of allylic oxidation sites excluding steroid dienone is 3. The van der Waals surface area contributed by atoms with Gasteiger partial charge in [0.15, 0.2) is 0 Å². The fourth-order valence-electron chi connectivity index (χ4n) is 6.06. The largest absolute Gasteiger partial charge is 0.480 e. The van der Waals surface area contributed by atoms with Gasteiger partial charge in [-0.1, -0.05) is 135 Å². The molecule has 0 aromatic rings. The maximum atomic E-state index is 12.7. The number of hydrogen-bond acceptors (Lipinski definition) is 5. The van der Waals surface area contributed by atoms with Crippen molar-refractivity contribution in [1.82, 2.24) is 5.32 Å². The second kappa shape index (κ2) is 37.1. The highest BCUT2D eigenvalue weighted by Gasteiger charge is 2.19. The SMILES string of the molecule is CCCCCCCC/C=C\CCCCCCCC(=O)OC(/C=C\CCCCCCCCC)CCCCCCC(=O)NC(CCCN)C(=O)O. The molecule has 0 bridgehead atoms. The quantitative estimate of drug-likeness (QED) is 0.0339. The van der Waals surface area contributed by atoms with Gasteiger partial charge in [-0.15, -0.1) is 0 Å². The summed E-state index contributed by atoms with van der Waals surface area (Å²) >= 11 is 0. The monoisotopic (exact) mass is 691 g/mol. The summed E-state index contributed by atoms with van der Waals surface area (Å²) in [6.45, 7) is 4.91. The van der Waals surface area contributed by atoms with E-state index >= 15 is 0 Å². The lowest BCUT2D eigenvalue weighted by Crippen LogP contribution is -2.40. The highest BCUT2D eigenvalue weighted by atomic mass is 16.5. The van der Waals surface area contributed by atoms with E-state index in [2.05, 4.69) is 43.5 Å². The topological polar surface area (TPSA) is 119 Å². The molecule has 2 atom stereocenters. The van der Waals surface area contributed by atoms with E-state index in [9.17, 15) is 19.5 Å². The molecule has 49 heavy (non-hydrogen) atoms. The summed E-state index contributed by atoms with van der Waals surface area (Å²) < 4.78 is 5.92. The third-order valence-electron chi connectivity index (χ3n) is 9.22. The first kappa shape index (κ1) is 46.9. The second-order valence-corrected chi connectivity index (χ2v) is 14.0. The number of carboxylic acids is 1. The van der Waals surface area contributed by atoms with Crippen LogP contribution in [0.3, 0.4) is 0 Å². The minimum atomic E-state index is -1.01. The van der Waals surface area contributed by atoms with Crippen LogP contribution >= 0.6 is 0 Å². The molecule has 2 unspecified atom stereocenters. The fraction of sp³-hybridized carbons (Fsp3) is 0.833. The van der Waals surface area contributed by atoms with Crippen molar-refractivity contribution in [2.24, 2.45) is 5.73 Å².